The Morgan fingerprint density at radius 3 is 2.37 bits per heavy atom. The summed E-state index contributed by atoms with van der Waals surface area (Å²) in [6.45, 7) is 8.17. The number of rotatable bonds is 8. The number of carbonyl (C=O) groups excluding carboxylic acids is 1. The lowest BCUT2D eigenvalue weighted by atomic mass is 9.81. The van der Waals surface area contributed by atoms with Gasteiger partial charge in [0.2, 0.25) is 0 Å². The van der Waals surface area contributed by atoms with Crippen LogP contribution in [0.15, 0.2) is 0 Å². The van der Waals surface area contributed by atoms with Crippen molar-refractivity contribution in [2.75, 3.05) is 25.2 Å². The van der Waals surface area contributed by atoms with Crippen molar-refractivity contribution in [3.05, 3.63) is 0 Å². The number of hydrogen-bond donors (Lipinski definition) is 2. The van der Waals surface area contributed by atoms with Gasteiger partial charge in [-0.1, -0.05) is 13.3 Å². The van der Waals surface area contributed by atoms with Crippen molar-refractivity contribution in [2.24, 2.45) is 5.41 Å². The van der Waals surface area contributed by atoms with E-state index in [1.807, 2.05) is 20.8 Å². The van der Waals surface area contributed by atoms with Crippen LogP contribution >= 0.6 is 11.8 Å². The zero-order valence-corrected chi connectivity index (χ0v) is 13.7. The minimum Gasteiger partial charge on any atom is -0.444 e. The lowest BCUT2D eigenvalue weighted by Crippen LogP contribution is -2.42. The Hall–Kier alpha value is -0.420. The maximum Gasteiger partial charge on any atom is 0.407 e. The second-order valence-electron chi connectivity index (χ2n) is 6.01. The summed E-state index contributed by atoms with van der Waals surface area (Å²) < 4.78 is 5.22. The SMILES string of the molecule is CCCC(CO)(CCSC)CNC(=O)OC(C)(C)C. The summed E-state index contributed by atoms with van der Waals surface area (Å²) in [7, 11) is 0. The van der Waals surface area contributed by atoms with Crippen molar-refractivity contribution in [1.82, 2.24) is 5.32 Å². The lowest BCUT2D eigenvalue weighted by molar-refractivity contribution is 0.0452. The summed E-state index contributed by atoms with van der Waals surface area (Å²) in [5.74, 6) is 0.983. The second-order valence-corrected chi connectivity index (χ2v) is 6.99. The van der Waals surface area contributed by atoms with Gasteiger partial charge in [-0.15, -0.1) is 0 Å². The molecule has 0 aromatic carbocycles. The van der Waals surface area contributed by atoms with Gasteiger partial charge in [0.1, 0.15) is 5.60 Å². The van der Waals surface area contributed by atoms with Gasteiger partial charge < -0.3 is 15.2 Å². The van der Waals surface area contributed by atoms with Gasteiger partial charge in [0, 0.05) is 12.0 Å². The molecule has 1 amide bonds. The third kappa shape index (κ3) is 8.37. The van der Waals surface area contributed by atoms with Gasteiger partial charge >= 0.3 is 6.09 Å². The molecule has 0 saturated heterocycles. The molecule has 0 aliphatic rings. The Labute approximate surface area is 121 Å². The molecule has 1 unspecified atom stereocenters. The monoisotopic (exact) mass is 291 g/mol. The third-order valence-corrected chi connectivity index (χ3v) is 3.57. The Balaban J connectivity index is 4.43. The molecule has 1 atom stereocenters. The van der Waals surface area contributed by atoms with E-state index >= 15 is 0 Å². The van der Waals surface area contributed by atoms with Crippen molar-refractivity contribution in [1.29, 1.82) is 0 Å². The van der Waals surface area contributed by atoms with Gasteiger partial charge in [-0.05, 0) is 45.6 Å². The average Bonchev–Trinajstić information content (AvgIpc) is 2.31. The van der Waals surface area contributed by atoms with Gasteiger partial charge in [0.15, 0.2) is 0 Å². The minimum absolute atomic E-state index is 0.0944. The summed E-state index contributed by atoms with van der Waals surface area (Å²) in [5.41, 5.74) is -0.718. The lowest BCUT2D eigenvalue weighted by Gasteiger charge is -2.32. The van der Waals surface area contributed by atoms with Crippen LogP contribution in [0, 0.1) is 5.41 Å². The van der Waals surface area contributed by atoms with E-state index < -0.39 is 11.7 Å². The molecule has 0 spiro atoms. The molecule has 0 bridgehead atoms. The van der Waals surface area contributed by atoms with Crippen LogP contribution in [0.1, 0.15) is 47.0 Å². The molecule has 114 valence electrons. The fraction of sp³-hybridized carbons (Fsp3) is 0.929. The summed E-state index contributed by atoms with van der Waals surface area (Å²) in [5, 5.41) is 12.5. The molecule has 0 rings (SSSR count). The second kappa shape index (κ2) is 8.69. The number of amides is 1. The van der Waals surface area contributed by atoms with E-state index in [-0.39, 0.29) is 12.0 Å². The number of thioether (sulfide) groups is 1. The molecule has 0 heterocycles. The van der Waals surface area contributed by atoms with Crippen LogP contribution < -0.4 is 5.32 Å². The first-order valence-corrected chi connectivity index (χ1v) is 8.24. The van der Waals surface area contributed by atoms with Crippen LogP contribution in [0.25, 0.3) is 0 Å². The van der Waals surface area contributed by atoms with Crippen molar-refractivity contribution in [3.63, 3.8) is 0 Å². The number of alkyl carbamates (subject to hydrolysis) is 1. The van der Waals surface area contributed by atoms with E-state index in [2.05, 4.69) is 18.5 Å². The van der Waals surface area contributed by atoms with E-state index in [0.29, 0.717) is 6.54 Å². The first-order valence-electron chi connectivity index (χ1n) is 6.85. The molecule has 0 aliphatic carbocycles. The third-order valence-electron chi connectivity index (χ3n) is 2.96. The van der Waals surface area contributed by atoms with Crippen molar-refractivity contribution < 1.29 is 14.6 Å². The minimum atomic E-state index is -0.490. The van der Waals surface area contributed by atoms with E-state index in [4.69, 9.17) is 4.74 Å². The molecule has 0 saturated carbocycles. The highest BCUT2D eigenvalue weighted by Crippen LogP contribution is 2.28. The van der Waals surface area contributed by atoms with Crippen LogP contribution in [-0.4, -0.2) is 42.0 Å². The quantitative estimate of drug-likeness (QED) is 0.721. The standard InChI is InChI=1S/C14H29NO3S/c1-6-7-14(11-16,8-9-19-5)10-15-12(17)18-13(2,3)4/h16H,6-11H2,1-5H3,(H,15,17). The Morgan fingerprint density at radius 1 is 1.32 bits per heavy atom. The molecule has 5 heteroatoms. The zero-order chi connectivity index (χ0) is 14.9. The predicted octanol–water partition coefficient (Wildman–Crippen LogP) is 3.04. The molecule has 0 radical (unpaired) electrons. The van der Waals surface area contributed by atoms with Crippen molar-refractivity contribution in [3.8, 4) is 0 Å². The van der Waals surface area contributed by atoms with Crippen LogP contribution in [0.4, 0.5) is 4.79 Å². The maximum atomic E-state index is 11.7. The predicted molar refractivity (Wildman–Crippen MR) is 81.7 cm³/mol. The van der Waals surface area contributed by atoms with Crippen LogP contribution in [0.2, 0.25) is 0 Å². The number of aliphatic hydroxyl groups is 1. The normalized spacial score (nSPS) is 14.8. The smallest absolute Gasteiger partial charge is 0.407 e. The summed E-state index contributed by atoms with van der Waals surface area (Å²) in [6.07, 6.45) is 4.43. The van der Waals surface area contributed by atoms with E-state index in [0.717, 1.165) is 25.0 Å². The first kappa shape index (κ1) is 18.6. The maximum absolute atomic E-state index is 11.7. The van der Waals surface area contributed by atoms with Crippen LogP contribution in [0.5, 0.6) is 0 Å². The number of aliphatic hydroxyl groups excluding tert-OH is 1. The van der Waals surface area contributed by atoms with Gasteiger partial charge in [-0.3, -0.25) is 0 Å². The molecule has 0 fully saturated rings. The Morgan fingerprint density at radius 2 is 1.95 bits per heavy atom. The molecule has 0 aromatic heterocycles. The number of nitrogens with one attached hydrogen (secondary N) is 1. The van der Waals surface area contributed by atoms with Gasteiger partial charge in [-0.25, -0.2) is 4.79 Å². The highest BCUT2D eigenvalue weighted by atomic mass is 32.2. The van der Waals surface area contributed by atoms with E-state index in [1.54, 1.807) is 11.8 Å². The Kier molecular flexibility index (Phi) is 8.50. The van der Waals surface area contributed by atoms with E-state index in [9.17, 15) is 9.90 Å². The highest BCUT2D eigenvalue weighted by Gasteiger charge is 2.29. The molecule has 19 heavy (non-hydrogen) atoms. The molecular weight excluding hydrogens is 262 g/mol. The fourth-order valence-corrected chi connectivity index (χ4v) is 2.58. The number of ether oxygens (including phenoxy) is 1. The van der Waals surface area contributed by atoms with Crippen molar-refractivity contribution in [2.45, 2.75) is 52.6 Å². The highest BCUT2D eigenvalue weighted by molar-refractivity contribution is 7.98. The summed E-state index contributed by atoms with van der Waals surface area (Å²) >= 11 is 1.76. The molecule has 4 nitrogen and oxygen atoms in total. The summed E-state index contributed by atoms with van der Waals surface area (Å²) in [4.78, 5) is 11.7. The first-order chi connectivity index (χ1) is 8.78. The topological polar surface area (TPSA) is 58.6 Å². The number of carbonyl (C=O) groups is 1. The van der Waals surface area contributed by atoms with Crippen LogP contribution in [-0.2, 0) is 4.74 Å². The Bertz CT molecular complexity index is 266. The van der Waals surface area contributed by atoms with Gasteiger partial charge in [-0.2, -0.15) is 11.8 Å². The fourth-order valence-electron chi connectivity index (χ4n) is 1.94. The van der Waals surface area contributed by atoms with E-state index in [1.165, 1.54) is 0 Å². The van der Waals surface area contributed by atoms with Crippen molar-refractivity contribution >= 4 is 17.9 Å². The average molecular weight is 291 g/mol. The van der Waals surface area contributed by atoms with Gasteiger partial charge in [0.25, 0.3) is 0 Å². The summed E-state index contributed by atoms with van der Waals surface area (Å²) in [6, 6.07) is 0. The zero-order valence-electron chi connectivity index (χ0n) is 12.9. The van der Waals surface area contributed by atoms with Crippen LogP contribution in [0.3, 0.4) is 0 Å². The van der Waals surface area contributed by atoms with Gasteiger partial charge in [0.05, 0.1) is 6.61 Å². The molecular formula is C14H29NO3S. The molecule has 2 N–H and O–H groups in total. The molecule has 0 aliphatic heterocycles. The number of hydrogen-bond acceptors (Lipinski definition) is 4. The largest absolute Gasteiger partial charge is 0.444 e. The molecule has 0 aromatic rings.